The Morgan fingerprint density at radius 3 is 2.71 bits per heavy atom. The Hall–Kier alpha value is -1.02. The quantitative estimate of drug-likeness (QED) is 0.768. The number of benzene rings is 1. The summed E-state index contributed by atoms with van der Waals surface area (Å²) in [6.45, 7) is 7.44. The molecule has 2 heteroatoms. The lowest BCUT2D eigenvalue weighted by Crippen LogP contribution is -2.29. The predicted molar refractivity (Wildman–Crippen MR) is 70.8 cm³/mol. The van der Waals surface area contributed by atoms with Crippen molar-refractivity contribution in [2.45, 2.75) is 39.2 Å². The second-order valence-electron chi connectivity index (χ2n) is 4.64. The molecule has 1 aromatic rings. The van der Waals surface area contributed by atoms with E-state index in [1.54, 1.807) is 0 Å². The van der Waals surface area contributed by atoms with Gasteiger partial charge >= 0.3 is 0 Å². The summed E-state index contributed by atoms with van der Waals surface area (Å²) < 4.78 is 5.68. The fourth-order valence-corrected chi connectivity index (χ4v) is 2.28. The summed E-state index contributed by atoms with van der Waals surface area (Å²) >= 11 is 0. The highest BCUT2D eigenvalue weighted by Gasteiger charge is 2.12. The SMILES string of the molecule is CC[CH]Oc1ccccc1CN1CCCCC1. The van der Waals surface area contributed by atoms with E-state index in [1.807, 2.05) is 12.7 Å². The van der Waals surface area contributed by atoms with Gasteiger partial charge in [-0.25, -0.2) is 0 Å². The number of nitrogens with zero attached hydrogens (tertiary/aromatic N) is 1. The van der Waals surface area contributed by atoms with E-state index in [1.165, 1.54) is 37.9 Å². The Morgan fingerprint density at radius 1 is 1.18 bits per heavy atom. The Balaban J connectivity index is 1.98. The number of hydrogen-bond acceptors (Lipinski definition) is 2. The van der Waals surface area contributed by atoms with E-state index in [2.05, 4.69) is 30.0 Å². The summed E-state index contributed by atoms with van der Waals surface area (Å²) in [7, 11) is 0. The minimum Gasteiger partial charge on any atom is -0.486 e. The standard InChI is InChI=1S/C15H22NO/c1-2-12-17-15-9-5-4-8-14(15)13-16-10-6-3-7-11-16/h4-5,8-9,12H,2-3,6-7,10-11,13H2,1H3. The van der Waals surface area contributed by atoms with Crippen LogP contribution in [0.3, 0.4) is 0 Å². The summed E-state index contributed by atoms with van der Waals surface area (Å²) in [5.41, 5.74) is 1.30. The van der Waals surface area contributed by atoms with Crippen LogP contribution in [-0.2, 0) is 6.54 Å². The Kier molecular flexibility index (Phi) is 4.87. The van der Waals surface area contributed by atoms with Crippen LogP contribution in [0.25, 0.3) is 0 Å². The molecule has 0 atom stereocenters. The van der Waals surface area contributed by atoms with Crippen molar-refractivity contribution in [3.05, 3.63) is 36.4 Å². The van der Waals surface area contributed by atoms with Crippen molar-refractivity contribution in [3.63, 3.8) is 0 Å². The second kappa shape index (κ2) is 6.65. The molecule has 1 radical (unpaired) electrons. The maximum Gasteiger partial charge on any atom is 0.135 e. The monoisotopic (exact) mass is 232 g/mol. The number of hydrogen-bond donors (Lipinski definition) is 0. The first-order valence-electron chi connectivity index (χ1n) is 6.68. The average Bonchev–Trinajstić information content (AvgIpc) is 2.39. The van der Waals surface area contributed by atoms with Crippen molar-refractivity contribution in [3.8, 4) is 5.75 Å². The molecular formula is C15H22NO. The predicted octanol–water partition coefficient (Wildman–Crippen LogP) is 3.62. The van der Waals surface area contributed by atoms with Gasteiger partial charge in [-0.05, 0) is 38.4 Å². The van der Waals surface area contributed by atoms with Crippen LogP contribution < -0.4 is 4.74 Å². The lowest BCUT2D eigenvalue weighted by atomic mass is 10.1. The van der Waals surface area contributed by atoms with Crippen LogP contribution in [0.15, 0.2) is 24.3 Å². The van der Waals surface area contributed by atoms with E-state index in [4.69, 9.17) is 4.74 Å². The van der Waals surface area contributed by atoms with E-state index in [0.717, 1.165) is 18.7 Å². The molecule has 1 aliphatic heterocycles. The van der Waals surface area contributed by atoms with Gasteiger partial charge in [0.1, 0.15) is 12.4 Å². The lowest BCUT2D eigenvalue weighted by molar-refractivity contribution is 0.218. The largest absolute Gasteiger partial charge is 0.486 e. The van der Waals surface area contributed by atoms with E-state index in [9.17, 15) is 0 Å². The van der Waals surface area contributed by atoms with Gasteiger partial charge in [0.25, 0.3) is 0 Å². The van der Waals surface area contributed by atoms with Gasteiger partial charge in [0, 0.05) is 12.1 Å². The smallest absolute Gasteiger partial charge is 0.135 e. The van der Waals surface area contributed by atoms with E-state index >= 15 is 0 Å². The fourth-order valence-electron chi connectivity index (χ4n) is 2.28. The minimum absolute atomic E-state index is 0.943. The molecular weight excluding hydrogens is 210 g/mol. The van der Waals surface area contributed by atoms with Gasteiger partial charge in [-0.1, -0.05) is 31.5 Å². The van der Waals surface area contributed by atoms with Gasteiger partial charge < -0.3 is 4.74 Å². The second-order valence-corrected chi connectivity index (χ2v) is 4.64. The van der Waals surface area contributed by atoms with Crippen molar-refractivity contribution in [1.29, 1.82) is 0 Å². The fraction of sp³-hybridized carbons (Fsp3) is 0.533. The molecule has 1 aromatic carbocycles. The molecule has 2 nitrogen and oxygen atoms in total. The summed E-state index contributed by atoms with van der Waals surface area (Å²) in [5.74, 6) is 1.01. The molecule has 0 amide bonds. The third kappa shape index (κ3) is 3.74. The molecule has 0 spiro atoms. The first kappa shape index (κ1) is 12.4. The molecule has 93 valence electrons. The topological polar surface area (TPSA) is 12.5 Å². The third-order valence-corrected chi connectivity index (χ3v) is 3.19. The van der Waals surface area contributed by atoms with E-state index < -0.39 is 0 Å². The van der Waals surface area contributed by atoms with Crippen molar-refractivity contribution < 1.29 is 4.74 Å². The number of rotatable bonds is 5. The number of para-hydroxylation sites is 1. The highest BCUT2D eigenvalue weighted by molar-refractivity contribution is 5.33. The zero-order chi connectivity index (χ0) is 11.9. The molecule has 0 aromatic heterocycles. The number of piperidine rings is 1. The molecule has 0 saturated carbocycles. The van der Waals surface area contributed by atoms with Crippen LogP contribution in [0.5, 0.6) is 5.75 Å². The molecule has 1 saturated heterocycles. The van der Waals surface area contributed by atoms with Gasteiger partial charge in [0.05, 0.1) is 0 Å². The van der Waals surface area contributed by atoms with Crippen molar-refractivity contribution >= 4 is 0 Å². The first-order chi connectivity index (χ1) is 8.40. The van der Waals surface area contributed by atoms with Crippen LogP contribution in [0.4, 0.5) is 0 Å². The van der Waals surface area contributed by atoms with Gasteiger partial charge in [0.15, 0.2) is 0 Å². The molecule has 2 rings (SSSR count). The zero-order valence-electron chi connectivity index (χ0n) is 10.7. The van der Waals surface area contributed by atoms with Crippen LogP contribution in [-0.4, -0.2) is 18.0 Å². The Labute approximate surface area is 105 Å². The zero-order valence-corrected chi connectivity index (χ0v) is 10.7. The molecule has 0 bridgehead atoms. The van der Waals surface area contributed by atoms with E-state index in [-0.39, 0.29) is 0 Å². The van der Waals surface area contributed by atoms with E-state index in [0.29, 0.717) is 0 Å². The van der Waals surface area contributed by atoms with Crippen LogP contribution in [0.1, 0.15) is 38.2 Å². The van der Waals surface area contributed by atoms with Crippen LogP contribution >= 0.6 is 0 Å². The average molecular weight is 232 g/mol. The summed E-state index contributed by atoms with van der Waals surface area (Å²) in [4.78, 5) is 2.53. The molecule has 1 heterocycles. The van der Waals surface area contributed by atoms with Crippen LogP contribution in [0, 0.1) is 6.61 Å². The van der Waals surface area contributed by atoms with Gasteiger partial charge in [0.2, 0.25) is 0 Å². The highest BCUT2D eigenvalue weighted by atomic mass is 16.5. The Bertz CT molecular complexity index is 331. The molecule has 0 aliphatic carbocycles. The van der Waals surface area contributed by atoms with Crippen molar-refractivity contribution in [2.24, 2.45) is 0 Å². The normalized spacial score (nSPS) is 17.0. The maximum atomic E-state index is 5.68. The minimum atomic E-state index is 0.943. The molecule has 1 fully saturated rings. The summed E-state index contributed by atoms with van der Waals surface area (Å²) in [6.07, 6.45) is 5.00. The van der Waals surface area contributed by atoms with Crippen molar-refractivity contribution in [2.75, 3.05) is 13.1 Å². The molecule has 1 aliphatic rings. The Morgan fingerprint density at radius 2 is 1.94 bits per heavy atom. The molecule has 0 N–H and O–H groups in total. The summed E-state index contributed by atoms with van der Waals surface area (Å²) in [5, 5.41) is 0. The van der Waals surface area contributed by atoms with Crippen molar-refractivity contribution in [1.82, 2.24) is 4.90 Å². The van der Waals surface area contributed by atoms with Gasteiger partial charge in [-0.15, -0.1) is 0 Å². The summed E-state index contributed by atoms with van der Waals surface area (Å²) in [6, 6.07) is 8.37. The van der Waals surface area contributed by atoms with Crippen LogP contribution in [0.2, 0.25) is 0 Å². The maximum absolute atomic E-state index is 5.68. The molecule has 17 heavy (non-hydrogen) atoms. The highest BCUT2D eigenvalue weighted by Crippen LogP contribution is 2.22. The lowest BCUT2D eigenvalue weighted by Gasteiger charge is -2.27. The van der Waals surface area contributed by atoms with Gasteiger partial charge in [-0.2, -0.15) is 0 Å². The number of ether oxygens (including phenoxy) is 1. The third-order valence-electron chi connectivity index (χ3n) is 3.19. The molecule has 0 unspecified atom stereocenters. The van der Waals surface area contributed by atoms with Gasteiger partial charge in [-0.3, -0.25) is 4.90 Å². The number of likely N-dealkylation sites (tertiary alicyclic amines) is 1. The first-order valence-corrected chi connectivity index (χ1v) is 6.68.